The van der Waals surface area contributed by atoms with E-state index in [0.29, 0.717) is 5.82 Å². The highest BCUT2D eigenvalue weighted by Crippen LogP contribution is 2.23. The molecule has 0 aliphatic rings. The van der Waals surface area contributed by atoms with Gasteiger partial charge in [0.25, 0.3) is 0 Å². The van der Waals surface area contributed by atoms with Crippen molar-refractivity contribution in [1.29, 1.82) is 0 Å². The van der Waals surface area contributed by atoms with E-state index in [9.17, 15) is 0 Å². The van der Waals surface area contributed by atoms with Crippen LogP contribution in [0.1, 0.15) is 5.56 Å². The van der Waals surface area contributed by atoms with Gasteiger partial charge < -0.3 is 0 Å². The average molecular weight is 390 g/mol. The number of para-hydroxylation sites is 1. The number of aromatic nitrogens is 5. The molecule has 0 spiro atoms. The Morgan fingerprint density at radius 3 is 2.07 bits per heavy atom. The lowest BCUT2D eigenvalue weighted by molar-refractivity contribution is 0.883. The van der Waals surface area contributed by atoms with Gasteiger partial charge in [0.1, 0.15) is 12.0 Å². The Labute approximate surface area is 173 Å². The first-order chi connectivity index (χ1) is 14.9. The van der Waals surface area contributed by atoms with Gasteiger partial charge in [-0.1, -0.05) is 78.9 Å². The summed E-state index contributed by atoms with van der Waals surface area (Å²) < 4.78 is 3.54. The van der Waals surface area contributed by atoms with Crippen molar-refractivity contribution < 1.29 is 0 Å². The zero-order valence-electron chi connectivity index (χ0n) is 16.1. The lowest BCUT2D eigenvalue weighted by Crippen LogP contribution is -1.94. The van der Waals surface area contributed by atoms with Crippen molar-refractivity contribution in [3.05, 3.63) is 109 Å². The minimum atomic E-state index is 0.684. The smallest absolute Gasteiger partial charge is 0.184 e. The van der Waals surface area contributed by atoms with Gasteiger partial charge >= 0.3 is 0 Å². The Balaban J connectivity index is 1.56. The second kappa shape index (κ2) is 7.97. The molecule has 0 unspecified atom stereocenters. The van der Waals surface area contributed by atoms with E-state index in [4.69, 9.17) is 5.10 Å². The van der Waals surface area contributed by atoms with E-state index in [-0.39, 0.29) is 0 Å². The van der Waals surface area contributed by atoms with Crippen LogP contribution in [-0.4, -0.2) is 30.9 Å². The first kappa shape index (κ1) is 17.8. The predicted molar refractivity (Wildman–Crippen MR) is 117 cm³/mol. The summed E-state index contributed by atoms with van der Waals surface area (Å²) in [6.45, 7) is 0. The molecular formula is C24H18N6. The average Bonchev–Trinajstić information content (AvgIpc) is 3.47. The Bertz CT molecular complexity index is 1270. The number of rotatable bonds is 5. The van der Waals surface area contributed by atoms with Crippen LogP contribution in [0.3, 0.4) is 0 Å². The van der Waals surface area contributed by atoms with E-state index in [1.807, 2.05) is 102 Å². The van der Waals surface area contributed by atoms with Gasteiger partial charge in [-0.05, 0) is 12.1 Å². The van der Waals surface area contributed by atoms with Crippen LogP contribution in [0, 0.1) is 0 Å². The molecule has 0 N–H and O–H groups in total. The van der Waals surface area contributed by atoms with Crippen LogP contribution < -0.4 is 0 Å². The first-order valence-electron chi connectivity index (χ1n) is 9.59. The second-order valence-corrected chi connectivity index (χ2v) is 6.69. The Hall–Kier alpha value is -4.32. The summed E-state index contributed by atoms with van der Waals surface area (Å²) in [5.74, 6) is 0.684. The number of nitrogens with zero attached hydrogens (tertiary/aromatic N) is 6. The van der Waals surface area contributed by atoms with Crippen LogP contribution in [0.25, 0.3) is 28.3 Å². The molecule has 0 atom stereocenters. The molecule has 0 fully saturated rings. The van der Waals surface area contributed by atoms with Crippen LogP contribution in [0.5, 0.6) is 0 Å². The fourth-order valence-electron chi connectivity index (χ4n) is 3.23. The van der Waals surface area contributed by atoms with Crippen molar-refractivity contribution in [3.63, 3.8) is 0 Å². The van der Waals surface area contributed by atoms with Crippen molar-refractivity contribution in [2.24, 2.45) is 5.10 Å². The number of hydrogen-bond donors (Lipinski definition) is 0. The second-order valence-electron chi connectivity index (χ2n) is 6.69. The van der Waals surface area contributed by atoms with Gasteiger partial charge in [0.2, 0.25) is 0 Å². The molecule has 6 heteroatoms. The molecule has 0 bridgehead atoms. The molecule has 3 aromatic carbocycles. The van der Waals surface area contributed by atoms with Crippen LogP contribution in [0.2, 0.25) is 0 Å². The normalized spacial score (nSPS) is 11.2. The summed E-state index contributed by atoms with van der Waals surface area (Å²) in [6.07, 6.45) is 5.38. The third kappa shape index (κ3) is 3.54. The monoisotopic (exact) mass is 390 g/mol. The van der Waals surface area contributed by atoms with Gasteiger partial charge in [-0.25, -0.2) is 4.68 Å². The Morgan fingerprint density at radius 2 is 1.37 bits per heavy atom. The van der Waals surface area contributed by atoms with Gasteiger partial charge in [-0.3, -0.25) is 0 Å². The van der Waals surface area contributed by atoms with E-state index >= 15 is 0 Å². The summed E-state index contributed by atoms with van der Waals surface area (Å²) in [7, 11) is 0. The zero-order valence-corrected chi connectivity index (χ0v) is 16.1. The lowest BCUT2D eigenvalue weighted by atomic mass is 10.1. The van der Waals surface area contributed by atoms with Gasteiger partial charge in [-0.15, -0.1) is 10.2 Å². The minimum absolute atomic E-state index is 0.684. The molecular weight excluding hydrogens is 372 g/mol. The van der Waals surface area contributed by atoms with E-state index in [2.05, 4.69) is 15.3 Å². The third-order valence-corrected chi connectivity index (χ3v) is 4.69. The summed E-state index contributed by atoms with van der Waals surface area (Å²) >= 11 is 0. The maximum atomic E-state index is 4.82. The summed E-state index contributed by atoms with van der Waals surface area (Å²) in [4.78, 5) is 0. The third-order valence-electron chi connectivity index (χ3n) is 4.69. The Kier molecular flexibility index (Phi) is 4.72. The molecule has 0 amide bonds. The minimum Gasteiger partial charge on any atom is -0.240 e. The van der Waals surface area contributed by atoms with E-state index in [0.717, 1.165) is 28.1 Å². The van der Waals surface area contributed by atoms with Crippen molar-refractivity contribution in [3.8, 4) is 28.3 Å². The number of benzene rings is 3. The summed E-state index contributed by atoms with van der Waals surface area (Å²) in [6, 6.07) is 30.0. The molecule has 2 aromatic heterocycles. The van der Waals surface area contributed by atoms with Crippen molar-refractivity contribution in [2.45, 2.75) is 0 Å². The standard InChI is InChI=1S/C24H18N6/c1-4-10-19(11-5-1)23-21(17-29(28-23)22-14-8-3-9-15-22)16-26-30-18-25-27-24(30)20-12-6-2-7-13-20/h1-18H/b26-16-. The van der Waals surface area contributed by atoms with Gasteiger partial charge in [0, 0.05) is 22.9 Å². The zero-order chi connectivity index (χ0) is 20.2. The molecule has 0 radical (unpaired) electrons. The highest BCUT2D eigenvalue weighted by atomic mass is 15.4. The van der Waals surface area contributed by atoms with Crippen LogP contribution >= 0.6 is 0 Å². The van der Waals surface area contributed by atoms with Crippen LogP contribution in [-0.2, 0) is 0 Å². The van der Waals surface area contributed by atoms with Gasteiger partial charge in [0.15, 0.2) is 5.82 Å². The quantitative estimate of drug-likeness (QED) is 0.409. The van der Waals surface area contributed by atoms with E-state index < -0.39 is 0 Å². The fourth-order valence-corrected chi connectivity index (χ4v) is 3.23. The van der Waals surface area contributed by atoms with Crippen LogP contribution in [0.4, 0.5) is 0 Å². The highest BCUT2D eigenvalue weighted by Gasteiger charge is 2.11. The lowest BCUT2D eigenvalue weighted by Gasteiger charge is -2.01. The SMILES string of the molecule is C(=N/n1cnnc1-c1ccccc1)/c1cn(-c2ccccc2)nc1-c1ccccc1. The molecule has 0 saturated carbocycles. The van der Waals surface area contributed by atoms with Crippen molar-refractivity contribution in [2.75, 3.05) is 0 Å². The highest BCUT2D eigenvalue weighted by molar-refractivity contribution is 5.88. The fraction of sp³-hybridized carbons (Fsp3) is 0. The van der Waals surface area contributed by atoms with E-state index in [1.165, 1.54) is 0 Å². The molecule has 0 aliphatic heterocycles. The van der Waals surface area contributed by atoms with Crippen molar-refractivity contribution >= 4 is 6.21 Å². The molecule has 5 rings (SSSR count). The molecule has 0 aliphatic carbocycles. The Morgan fingerprint density at radius 1 is 0.733 bits per heavy atom. The molecule has 2 heterocycles. The summed E-state index contributed by atoms with van der Waals surface area (Å²) in [5.41, 5.74) is 4.73. The maximum absolute atomic E-state index is 4.82. The summed E-state index contributed by atoms with van der Waals surface area (Å²) in [5, 5.41) is 17.7. The molecule has 5 aromatic rings. The van der Waals surface area contributed by atoms with Gasteiger partial charge in [-0.2, -0.15) is 14.9 Å². The number of hydrogen-bond acceptors (Lipinski definition) is 4. The molecule has 30 heavy (non-hydrogen) atoms. The van der Waals surface area contributed by atoms with Crippen LogP contribution in [0.15, 0.2) is 109 Å². The topological polar surface area (TPSA) is 60.9 Å². The van der Waals surface area contributed by atoms with E-state index in [1.54, 1.807) is 17.2 Å². The molecule has 0 saturated heterocycles. The maximum Gasteiger partial charge on any atom is 0.184 e. The van der Waals surface area contributed by atoms with Gasteiger partial charge in [0.05, 0.1) is 11.9 Å². The predicted octanol–water partition coefficient (Wildman–Crippen LogP) is 4.68. The molecule has 6 nitrogen and oxygen atoms in total. The largest absolute Gasteiger partial charge is 0.240 e. The first-order valence-corrected chi connectivity index (χ1v) is 9.59. The molecule has 144 valence electrons. The van der Waals surface area contributed by atoms with Crippen molar-refractivity contribution in [1.82, 2.24) is 24.7 Å².